The molecule has 1 atom stereocenters. The Bertz CT molecular complexity index is 513. The summed E-state index contributed by atoms with van der Waals surface area (Å²) >= 11 is 1.33. The van der Waals surface area contributed by atoms with E-state index in [2.05, 4.69) is 15.5 Å². The van der Waals surface area contributed by atoms with Crippen LogP contribution in [0.3, 0.4) is 0 Å². The SMILES string of the molecule is CC(C)C(CC(=O)O)NC(=O)CSc1nncn1C1CC1. The molecule has 1 fully saturated rings. The van der Waals surface area contributed by atoms with E-state index in [4.69, 9.17) is 5.11 Å². The number of rotatable bonds is 8. The maximum atomic E-state index is 11.9. The van der Waals surface area contributed by atoms with Crippen LogP contribution in [0.5, 0.6) is 0 Å². The van der Waals surface area contributed by atoms with E-state index in [1.165, 1.54) is 11.8 Å². The van der Waals surface area contributed by atoms with Gasteiger partial charge in [-0.1, -0.05) is 25.6 Å². The molecular weight excluding hydrogens is 292 g/mol. The molecule has 0 spiro atoms. The molecule has 0 radical (unpaired) electrons. The molecule has 0 aromatic carbocycles. The van der Waals surface area contributed by atoms with Crippen molar-refractivity contribution in [3.8, 4) is 0 Å². The second-order valence-corrected chi connectivity index (χ2v) is 6.50. The molecule has 0 saturated heterocycles. The van der Waals surface area contributed by atoms with E-state index < -0.39 is 5.97 Å². The first-order valence-corrected chi connectivity index (χ1v) is 7.99. The average molecular weight is 312 g/mol. The number of aliphatic carboxylic acids is 1. The van der Waals surface area contributed by atoms with Gasteiger partial charge in [-0.2, -0.15) is 0 Å². The van der Waals surface area contributed by atoms with Gasteiger partial charge in [-0.15, -0.1) is 10.2 Å². The largest absolute Gasteiger partial charge is 0.481 e. The van der Waals surface area contributed by atoms with Gasteiger partial charge in [0.15, 0.2) is 5.16 Å². The lowest BCUT2D eigenvalue weighted by Gasteiger charge is -2.20. The van der Waals surface area contributed by atoms with Gasteiger partial charge in [0, 0.05) is 12.1 Å². The van der Waals surface area contributed by atoms with Gasteiger partial charge >= 0.3 is 5.97 Å². The summed E-state index contributed by atoms with van der Waals surface area (Å²) in [6, 6.07) is 0.123. The molecule has 1 amide bonds. The second-order valence-electron chi connectivity index (χ2n) is 5.56. The third-order valence-corrected chi connectivity index (χ3v) is 4.32. The highest BCUT2D eigenvalue weighted by atomic mass is 32.2. The molecule has 0 aliphatic heterocycles. The molecule has 8 heteroatoms. The zero-order valence-corrected chi connectivity index (χ0v) is 13.0. The lowest BCUT2D eigenvalue weighted by Crippen LogP contribution is -2.41. The van der Waals surface area contributed by atoms with Crippen molar-refractivity contribution in [2.45, 2.75) is 50.4 Å². The number of hydrogen-bond acceptors (Lipinski definition) is 5. The molecule has 116 valence electrons. The lowest BCUT2D eigenvalue weighted by molar-refractivity contribution is -0.138. The number of carboxylic acids is 1. The number of hydrogen-bond donors (Lipinski definition) is 2. The number of amides is 1. The molecule has 2 rings (SSSR count). The molecule has 1 aliphatic carbocycles. The van der Waals surface area contributed by atoms with Crippen LogP contribution in [0.25, 0.3) is 0 Å². The van der Waals surface area contributed by atoms with Crippen LogP contribution in [-0.4, -0.2) is 43.5 Å². The number of carboxylic acid groups (broad SMARTS) is 1. The van der Waals surface area contributed by atoms with Crippen molar-refractivity contribution in [1.29, 1.82) is 0 Å². The highest BCUT2D eigenvalue weighted by Crippen LogP contribution is 2.37. The Balaban J connectivity index is 1.83. The first kappa shape index (κ1) is 15.8. The van der Waals surface area contributed by atoms with Gasteiger partial charge in [-0.3, -0.25) is 9.59 Å². The molecule has 2 N–H and O–H groups in total. The Morgan fingerprint density at radius 2 is 2.24 bits per heavy atom. The maximum Gasteiger partial charge on any atom is 0.305 e. The van der Waals surface area contributed by atoms with Crippen molar-refractivity contribution >= 4 is 23.6 Å². The smallest absolute Gasteiger partial charge is 0.305 e. The van der Waals surface area contributed by atoms with Crippen LogP contribution in [-0.2, 0) is 9.59 Å². The summed E-state index contributed by atoms with van der Waals surface area (Å²) in [5.74, 6) is -0.792. The molecule has 1 aliphatic rings. The van der Waals surface area contributed by atoms with E-state index in [0.29, 0.717) is 6.04 Å². The van der Waals surface area contributed by atoms with Gasteiger partial charge in [0.25, 0.3) is 0 Å². The maximum absolute atomic E-state index is 11.9. The standard InChI is InChI=1S/C13H20N4O3S/c1-8(2)10(5-12(19)20)15-11(18)6-21-13-16-14-7-17(13)9-3-4-9/h7-10H,3-6H2,1-2H3,(H,15,18)(H,19,20). The lowest BCUT2D eigenvalue weighted by atomic mass is 10.0. The van der Waals surface area contributed by atoms with Crippen LogP contribution in [0.1, 0.15) is 39.2 Å². The van der Waals surface area contributed by atoms with Gasteiger partial charge in [0.1, 0.15) is 6.33 Å². The summed E-state index contributed by atoms with van der Waals surface area (Å²) in [5, 5.41) is 20.3. The summed E-state index contributed by atoms with van der Waals surface area (Å²) in [6.45, 7) is 3.79. The van der Waals surface area contributed by atoms with Gasteiger partial charge in [0.2, 0.25) is 5.91 Å². The van der Waals surface area contributed by atoms with Crippen LogP contribution in [0.2, 0.25) is 0 Å². The Morgan fingerprint density at radius 1 is 1.52 bits per heavy atom. The van der Waals surface area contributed by atoms with E-state index in [9.17, 15) is 9.59 Å². The van der Waals surface area contributed by atoms with E-state index >= 15 is 0 Å². The van der Waals surface area contributed by atoms with E-state index in [-0.39, 0.29) is 30.0 Å². The van der Waals surface area contributed by atoms with Crippen LogP contribution in [0.15, 0.2) is 11.5 Å². The van der Waals surface area contributed by atoms with Gasteiger partial charge in [0.05, 0.1) is 12.2 Å². The van der Waals surface area contributed by atoms with Gasteiger partial charge in [-0.05, 0) is 18.8 Å². The molecule has 1 heterocycles. The van der Waals surface area contributed by atoms with E-state index in [0.717, 1.165) is 18.0 Å². The Labute approximate surface area is 127 Å². The third kappa shape index (κ3) is 4.73. The molecule has 0 bridgehead atoms. The van der Waals surface area contributed by atoms with E-state index in [1.54, 1.807) is 6.33 Å². The number of thioether (sulfide) groups is 1. The van der Waals surface area contributed by atoms with E-state index in [1.807, 2.05) is 18.4 Å². The number of carbonyl (C=O) groups excluding carboxylic acids is 1. The van der Waals surface area contributed by atoms with Crippen LogP contribution in [0, 0.1) is 5.92 Å². The molecule has 1 unspecified atom stereocenters. The Kier molecular flexibility index (Phi) is 5.22. The quantitative estimate of drug-likeness (QED) is 0.703. The minimum Gasteiger partial charge on any atom is -0.481 e. The molecular formula is C13H20N4O3S. The summed E-state index contributed by atoms with van der Waals surface area (Å²) in [5.41, 5.74) is 0. The topological polar surface area (TPSA) is 97.1 Å². The average Bonchev–Trinajstić information content (AvgIpc) is 3.14. The number of aromatic nitrogens is 3. The van der Waals surface area contributed by atoms with Crippen molar-refractivity contribution in [2.24, 2.45) is 5.92 Å². The minimum absolute atomic E-state index is 0.0632. The predicted octanol–water partition coefficient (Wildman–Crippen LogP) is 1.32. The fraction of sp³-hybridized carbons (Fsp3) is 0.692. The highest BCUT2D eigenvalue weighted by molar-refractivity contribution is 7.99. The van der Waals surface area contributed by atoms with Crippen molar-refractivity contribution in [1.82, 2.24) is 20.1 Å². The number of nitrogens with one attached hydrogen (secondary N) is 1. The first-order chi connectivity index (χ1) is 9.97. The van der Waals surface area contributed by atoms with Crippen LogP contribution >= 0.6 is 11.8 Å². The fourth-order valence-corrected chi connectivity index (χ4v) is 2.75. The zero-order valence-electron chi connectivity index (χ0n) is 12.2. The van der Waals surface area contributed by atoms with Crippen molar-refractivity contribution in [3.05, 3.63) is 6.33 Å². The number of nitrogens with zero attached hydrogens (tertiary/aromatic N) is 3. The third-order valence-electron chi connectivity index (χ3n) is 3.36. The Morgan fingerprint density at radius 3 is 2.81 bits per heavy atom. The fourth-order valence-electron chi connectivity index (χ4n) is 1.96. The monoisotopic (exact) mass is 312 g/mol. The van der Waals surface area contributed by atoms with Crippen molar-refractivity contribution < 1.29 is 14.7 Å². The molecule has 1 aromatic heterocycles. The predicted molar refractivity (Wildman–Crippen MR) is 78.0 cm³/mol. The van der Waals surface area contributed by atoms with Crippen molar-refractivity contribution in [2.75, 3.05) is 5.75 Å². The molecule has 7 nitrogen and oxygen atoms in total. The van der Waals surface area contributed by atoms with Crippen molar-refractivity contribution in [3.63, 3.8) is 0 Å². The second kappa shape index (κ2) is 6.93. The highest BCUT2D eigenvalue weighted by Gasteiger charge is 2.26. The minimum atomic E-state index is -0.907. The van der Waals surface area contributed by atoms with Gasteiger partial charge in [-0.25, -0.2) is 0 Å². The van der Waals surface area contributed by atoms with Crippen LogP contribution in [0.4, 0.5) is 0 Å². The summed E-state index contributed by atoms with van der Waals surface area (Å²) in [6.07, 6.45) is 3.89. The van der Waals surface area contributed by atoms with Gasteiger partial charge < -0.3 is 15.0 Å². The molecule has 1 saturated carbocycles. The normalized spacial score (nSPS) is 16.0. The number of carbonyl (C=O) groups is 2. The summed E-state index contributed by atoms with van der Waals surface area (Å²) < 4.78 is 2.00. The Hall–Kier alpha value is -1.57. The summed E-state index contributed by atoms with van der Waals surface area (Å²) in [4.78, 5) is 22.7. The molecule has 1 aromatic rings. The zero-order chi connectivity index (χ0) is 15.4. The summed E-state index contributed by atoms with van der Waals surface area (Å²) in [7, 11) is 0. The van der Waals surface area contributed by atoms with Crippen LogP contribution < -0.4 is 5.32 Å². The first-order valence-electron chi connectivity index (χ1n) is 7.01. The molecule has 21 heavy (non-hydrogen) atoms.